The number of carbonyl (C=O) groups is 1. The molecule has 1 fully saturated rings. The number of carbonyl (C=O) groups excluding carboxylic acids is 1. The summed E-state index contributed by atoms with van der Waals surface area (Å²) in [5.74, 6) is 1.04. The van der Waals surface area contributed by atoms with Gasteiger partial charge in [0.05, 0.1) is 5.25 Å². The molecule has 1 aromatic heterocycles. The van der Waals surface area contributed by atoms with E-state index in [1.807, 2.05) is 41.6 Å². The van der Waals surface area contributed by atoms with Gasteiger partial charge in [-0.25, -0.2) is 0 Å². The van der Waals surface area contributed by atoms with Crippen LogP contribution in [0.25, 0.3) is 11.4 Å². The Bertz CT molecular complexity index is 706. The van der Waals surface area contributed by atoms with Gasteiger partial charge < -0.3 is 9.47 Å². The van der Waals surface area contributed by atoms with Crippen LogP contribution in [0.15, 0.2) is 29.4 Å². The standard InChI is InChI=1S/C17H22N4OS/c1-12-8-4-5-9-14(12)15-18-19-17(20(15)3)23-13(2)16(22)21-10-6-7-11-21/h4-5,8-9,13H,6-7,10-11H2,1-3H3. The zero-order chi connectivity index (χ0) is 16.4. The van der Waals surface area contributed by atoms with Crippen LogP contribution in [0.2, 0.25) is 0 Å². The molecule has 0 spiro atoms. The van der Waals surface area contributed by atoms with E-state index in [1.54, 1.807) is 0 Å². The van der Waals surface area contributed by atoms with E-state index in [-0.39, 0.29) is 11.2 Å². The smallest absolute Gasteiger partial charge is 0.235 e. The lowest BCUT2D eigenvalue weighted by atomic mass is 10.1. The van der Waals surface area contributed by atoms with Crippen LogP contribution in [0.5, 0.6) is 0 Å². The Morgan fingerprint density at radius 2 is 1.91 bits per heavy atom. The summed E-state index contributed by atoms with van der Waals surface area (Å²) in [5.41, 5.74) is 2.24. The van der Waals surface area contributed by atoms with Crippen LogP contribution in [0.1, 0.15) is 25.3 Å². The van der Waals surface area contributed by atoms with Crippen molar-refractivity contribution >= 4 is 17.7 Å². The summed E-state index contributed by atoms with van der Waals surface area (Å²) in [6, 6.07) is 8.13. The zero-order valence-electron chi connectivity index (χ0n) is 13.8. The topological polar surface area (TPSA) is 51.0 Å². The van der Waals surface area contributed by atoms with Crippen molar-refractivity contribution < 1.29 is 4.79 Å². The predicted molar refractivity (Wildman–Crippen MR) is 92.3 cm³/mol. The fraction of sp³-hybridized carbons (Fsp3) is 0.471. The molecular formula is C17H22N4OS. The normalized spacial score (nSPS) is 15.9. The summed E-state index contributed by atoms with van der Waals surface area (Å²) in [7, 11) is 1.96. The van der Waals surface area contributed by atoms with Crippen LogP contribution in [0.4, 0.5) is 0 Å². The van der Waals surface area contributed by atoms with E-state index in [4.69, 9.17) is 0 Å². The van der Waals surface area contributed by atoms with Crippen LogP contribution in [0, 0.1) is 6.92 Å². The molecule has 0 radical (unpaired) electrons. The quantitative estimate of drug-likeness (QED) is 0.809. The summed E-state index contributed by atoms with van der Waals surface area (Å²) < 4.78 is 1.97. The number of hydrogen-bond acceptors (Lipinski definition) is 4. The fourth-order valence-corrected chi connectivity index (χ4v) is 3.78. The van der Waals surface area contributed by atoms with Crippen molar-refractivity contribution in [2.75, 3.05) is 13.1 Å². The van der Waals surface area contributed by atoms with E-state index in [0.29, 0.717) is 0 Å². The number of amides is 1. The first kappa shape index (κ1) is 16.1. The first-order valence-corrected chi connectivity index (χ1v) is 8.86. The molecule has 23 heavy (non-hydrogen) atoms. The van der Waals surface area contributed by atoms with Gasteiger partial charge in [-0.05, 0) is 32.3 Å². The highest BCUT2D eigenvalue weighted by Gasteiger charge is 2.25. The minimum absolute atomic E-state index is 0.138. The van der Waals surface area contributed by atoms with Gasteiger partial charge in [0.25, 0.3) is 0 Å². The molecule has 0 saturated carbocycles. The number of aromatic nitrogens is 3. The van der Waals surface area contributed by atoms with Gasteiger partial charge in [-0.3, -0.25) is 4.79 Å². The summed E-state index contributed by atoms with van der Waals surface area (Å²) in [6.07, 6.45) is 2.23. The number of aryl methyl sites for hydroxylation is 1. The molecule has 0 N–H and O–H groups in total. The molecule has 1 saturated heterocycles. The highest BCUT2D eigenvalue weighted by Crippen LogP contribution is 2.28. The van der Waals surface area contributed by atoms with E-state index in [0.717, 1.165) is 42.5 Å². The van der Waals surface area contributed by atoms with Crippen molar-refractivity contribution in [2.24, 2.45) is 7.05 Å². The maximum absolute atomic E-state index is 12.4. The molecule has 122 valence electrons. The summed E-state index contributed by atoms with van der Waals surface area (Å²) in [6.45, 7) is 5.79. The third-order valence-electron chi connectivity index (χ3n) is 4.27. The minimum Gasteiger partial charge on any atom is -0.342 e. The molecule has 1 atom stereocenters. The number of likely N-dealkylation sites (tertiary alicyclic amines) is 1. The van der Waals surface area contributed by atoms with Crippen LogP contribution in [-0.2, 0) is 11.8 Å². The van der Waals surface area contributed by atoms with Crippen molar-refractivity contribution in [3.05, 3.63) is 29.8 Å². The van der Waals surface area contributed by atoms with Gasteiger partial charge in [0.2, 0.25) is 5.91 Å². The molecular weight excluding hydrogens is 308 g/mol. The van der Waals surface area contributed by atoms with Gasteiger partial charge in [-0.15, -0.1) is 10.2 Å². The molecule has 5 nitrogen and oxygen atoms in total. The lowest BCUT2D eigenvalue weighted by molar-refractivity contribution is -0.129. The molecule has 1 aliphatic heterocycles. The number of benzene rings is 1. The summed E-state index contributed by atoms with van der Waals surface area (Å²) in [5, 5.41) is 9.25. The first-order valence-electron chi connectivity index (χ1n) is 7.99. The van der Waals surface area contributed by atoms with Crippen LogP contribution >= 0.6 is 11.8 Å². The fourth-order valence-electron chi connectivity index (χ4n) is 2.88. The minimum atomic E-state index is -0.138. The zero-order valence-corrected chi connectivity index (χ0v) is 14.6. The molecule has 1 amide bonds. The van der Waals surface area contributed by atoms with E-state index < -0.39 is 0 Å². The number of hydrogen-bond donors (Lipinski definition) is 0. The Labute approximate surface area is 141 Å². The molecule has 2 aromatic rings. The summed E-state index contributed by atoms with van der Waals surface area (Å²) in [4.78, 5) is 14.4. The predicted octanol–water partition coefficient (Wildman–Crippen LogP) is 2.89. The Balaban J connectivity index is 1.77. The Kier molecular flexibility index (Phi) is 4.71. The monoisotopic (exact) mass is 330 g/mol. The van der Waals surface area contributed by atoms with Gasteiger partial charge >= 0.3 is 0 Å². The highest BCUT2D eigenvalue weighted by molar-refractivity contribution is 8.00. The lowest BCUT2D eigenvalue weighted by Gasteiger charge is -2.19. The largest absolute Gasteiger partial charge is 0.342 e. The average molecular weight is 330 g/mol. The van der Waals surface area contributed by atoms with Crippen molar-refractivity contribution in [3.8, 4) is 11.4 Å². The molecule has 1 unspecified atom stereocenters. The maximum Gasteiger partial charge on any atom is 0.235 e. The van der Waals surface area contributed by atoms with E-state index in [9.17, 15) is 4.79 Å². The highest BCUT2D eigenvalue weighted by atomic mass is 32.2. The number of thioether (sulfide) groups is 1. The third kappa shape index (κ3) is 3.27. The van der Waals surface area contributed by atoms with Gasteiger partial charge in [0, 0.05) is 25.7 Å². The molecule has 0 aliphatic carbocycles. The van der Waals surface area contributed by atoms with Crippen LogP contribution in [0.3, 0.4) is 0 Å². The SMILES string of the molecule is Cc1ccccc1-c1nnc(SC(C)C(=O)N2CCCC2)n1C. The molecule has 3 rings (SSSR count). The number of nitrogens with zero attached hydrogens (tertiary/aromatic N) is 4. The van der Waals surface area contributed by atoms with E-state index in [1.165, 1.54) is 17.3 Å². The van der Waals surface area contributed by atoms with E-state index >= 15 is 0 Å². The Morgan fingerprint density at radius 3 is 2.61 bits per heavy atom. The van der Waals surface area contributed by atoms with E-state index in [2.05, 4.69) is 23.2 Å². The second-order valence-corrected chi connectivity index (χ2v) is 7.28. The van der Waals surface area contributed by atoms with Crippen molar-refractivity contribution in [1.82, 2.24) is 19.7 Å². The van der Waals surface area contributed by atoms with Crippen molar-refractivity contribution in [1.29, 1.82) is 0 Å². The average Bonchev–Trinajstić information content (AvgIpc) is 3.19. The molecule has 6 heteroatoms. The number of rotatable bonds is 4. The third-order valence-corrected chi connectivity index (χ3v) is 5.39. The first-order chi connectivity index (χ1) is 11.1. The van der Waals surface area contributed by atoms with Gasteiger partial charge in [-0.2, -0.15) is 0 Å². The molecule has 1 aliphatic rings. The van der Waals surface area contributed by atoms with Crippen LogP contribution < -0.4 is 0 Å². The van der Waals surface area contributed by atoms with Gasteiger partial charge in [-0.1, -0.05) is 36.0 Å². The van der Waals surface area contributed by atoms with Gasteiger partial charge in [0.1, 0.15) is 0 Å². The van der Waals surface area contributed by atoms with Crippen molar-refractivity contribution in [3.63, 3.8) is 0 Å². The second-order valence-electron chi connectivity index (χ2n) is 5.97. The summed E-state index contributed by atoms with van der Waals surface area (Å²) >= 11 is 1.48. The maximum atomic E-state index is 12.4. The molecule has 1 aromatic carbocycles. The molecule has 2 heterocycles. The van der Waals surface area contributed by atoms with Crippen molar-refractivity contribution in [2.45, 2.75) is 37.1 Å². The van der Waals surface area contributed by atoms with Gasteiger partial charge in [0.15, 0.2) is 11.0 Å². The Hall–Kier alpha value is -1.82. The Morgan fingerprint density at radius 1 is 1.22 bits per heavy atom. The molecule has 0 bridgehead atoms. The van der Waals surface area contributed by atoms with Crippen LogP contribution in [-0.4, -0.2) is 43.9 Å². The lowest BCUT2D eigenvalue weighted by Crippen LogP contribution is -2.34. The second kappa shape index (κ2) is 6.74.